The zero-order chi connectivity index (χ0) is 22.7. The standard InChI is InChI=1S/C24H27N3O5/c1-31-19-9-7-18(8-10-19)27-16-17(15-22(27)28)23(29)25-11-13-26(14-12-25)24(30)20-5-3-4-6-21(20)32-2/h3-10,17H,11-16H2,1-2H3. The van der Waals surface area contributed by atoms with E-state index in [9.17, 15) is 14.4 Å². The second-order valence-electron chi connectivity index (χ2n) is 7.92. The predicted molar refractivity (Wildman–Crippen MR) is 119 cm³/mol. The van der Waals surface area contributed by atoms with E-state index in [0.717, 1.165) is 5.69 Å². The van der Waals surface area contributed by atoms with Crippen LogP contribution in [0.4, 0.5) is 5.69 Å². The third kappa shape index (κ3) is 4.26. The number of hydrogen-bond donors (Lipinski definition) is 0. The summed E-state index contributed by atoms with van der Waals surface area (Å²) in [7, 11) is 3.13. The minimum atomic E-state index is -0.374. The van der Waals surface area contributed by atoms with Gasteiger partial charge in [-0.05, 0) is 36.4 Å². The first-order valence-corrected chi connectivity index (χ1v) is 10.7. The molecule has 0 saturated carbocycles. The Bertz CT molecular complexity index is 999. The van der Waals surface area contributed by atoms with Crippen LogP contribution in [0.3, 0.4) is 0 Å². The van der Waals surface area contributed by atoms with Crippen molar-refractivity contribution in [2.45, 2.75) is 6.42 Å². The maximum atomic E-state index is 13.1. The molecule has 1 unspecified atom stereocenters. The number of ether oxygens (including phenoxy) is 2. The summed E-state index contributed by atoms with van der Waals surface area (Å²) < 4.78 is 10.5. The van der Waals surface area contributed by atoms with Crippen LogP contribution in [0.25, 0.3) is 0 Å². The van der Waals surface area contributed by atoms with Crippen molar-refractivity contribution in [3.63, 3.8) is 0 Å². The monoisotopic (exact) mass is 437 g/mol. The molecule has 168 valence electrons. The molecule has 8 nitrogen and oxygen atoms in total. The molecule has 0 aliphatic carbocycles. The van der Waals surface area contributed by atoms with Crippen molar-refractivity contribution in [3.8, 4) is 11.5 Å². The Morgan fingerprint density at radius 3 is 2.19 bits per heavy atom. The number of carbonyl (C=O) groups excluding carboxylic acids is 3. The first-order chi connectivity index (χ1) is 15.5. The number of rotatable bonds is 5. The molecule has 4 rings (SSSR count). The van der Waals surface area contributed by atoms with Crippen LogP contribution >= 0.6 is 0 Å². The molecule has 32 heavy (non-hydrogen) atoms. The van der Waals surface area contributed by atoms with Gasteiger partial charge in [0.2, 0.25) is 11.8 Å². The number of anilines is 1. The fourth-order valence-electron chi connectivity index (χ4n) is 4.26. The Hall–Kier alpha value is -3.55. The number of para-hydroxylation sites is 1. The van der Waals surface area contributed by atoms with E-state index < -0.39 is 0 Å². The smallest absolute Gasteiger partial charge is 0.257 e. The Balaban J connectivity index is 1.35. The molecule has 2 heterocycles. The van der Waals surface area contributed by atoms with Gasteiger partial charge in [-0.3, -0.25) is 14.4 Å². The molecule has 3 amide bonds. The summed E-state index contributed by atoms with van der Waals surface area (Å²) in [5.41, 5.74) is 1.28. The van der Waals surface area contributed by atoms with Gasteiger partial charge in [0.15, 0.2) is 0 Å². The van der Waals surface area contributed by atoms with Crippen LogP contribution in [-0.4, -0.2) is 74.5 Å². The summed E-state index contributed by atoms with van der Waals surface area (Å²) in [5.74, 6) is 0.697. The van der Waals surface area contributed by atoms with Crippen LogP contribution in [0.15, 0.2) is 48.5 Å². The first-order valence-electron chi connectivity index (χ1n) is 10.7. The lowest BCUT2D eigenvalue weighted by molar-refractivity contribution is -0.137. The van der Waals surface area contributed by atoms with Gasteiger partial charge >= 0.3 is 0 Å². The summed E-state index contributed by atoms with van der Waals surface area (Å²) in [6.07, 6.45) is 0.200. The SMILES string of the molecule is COc1ccc(N2CC(C(=O)N3CCN(C(=O)c4ccccc4OC)CC3)CC2=O)cc1. The molecule has 2 fully saturated rings. The fraction of sp³-hybridized carbons (Fsp3) is 0.375. The summed E-state index contributed by atoms with van der Waals surface area (Å²) in [4.78, 5) is 43.7. The van der Waals surface area contributed by atoms with Crippen molar-refractivity contribution in [1.82, 2.24) is 9.80 Å². The molecule has 1 atom stereocenters. The van der Waals surface area contributed by atoms with Crippen molar-refractivity contribution in [3.05, 3.63) is 54.1 Å². The lowest BCUT2D eigenvalue weighted by Crippen LogP contribution is -2.52. The quantitative estimate of drug-likeness (QED) is 0.715. The van der Waals surface area contributed by atoms with Gasteiger partial charge in [-0.15, -0.1) is 0 Å². The number of hydrogen-bond acceptors (Lipinski definition) is 5. The first kappa shape index (κ1) is 21.7. The Morgan fingerprint density at radius 1 is 0.875 bits per heavy atom. The van der Waals surface area contributed by atoms with Crippen LogP contribution in [-0.2, 0) is 9.59 Å². The second-order valence-corrected chi connectivity index (χ2v) is 7.92. The van der Waals surface area contributed by atoms with Crippen molar-refractivity contribution in [2.75, 3.05) is 51.8 Å². The maximum Gasteiger partial charge on any atom is 0.257 e. The van der Waals surface area contributed by atoms with Gasteiger partial charge in [0.05, 0.1) is 25.7 Å². The number of benzene rings is 2. The van der Waals surface area contributed by atoms with Gasteiger partial charge in [0.25, 0.3) is 5.91 Å². The molecule has 0 spiro atoms. The zero-order valence-electron chi connectivity index (χ0n) is 18.3. The third-order valence-electron chi connectivity index (χ3n) is 6.07. The number of methoxy groups -OCH3 is 2. The number of amides is 3. The van der Waals surface area contributed by atoms with Crippen LogP contribution in [0, 0.1) is 5.92 Å². The van der Waals surface area contributed by atoms with E-state index in [1.54, 1.807) is 59.3 Å². The average Bonchev–Trinajstić information content (AvgIpc) is 3.24. The maximum absolute atomic E-state index is 13.1. The molecule has 0 aromatic heterocycles. The topological polar surface area (TPSA) is 79.4 Å². The van der Waals surface area contributed by atoms with Gasteiger partial charge in [0.1, 0.15) is 11.5 Å². The summed E-state index contributed by atoms with van der Waals surface area (Å²) in [5, 5.41) is 0. The molecular formula is C24H27N3O5. The molecular weight excluding hydrogens is 410 g/mol. The molecule has 2 aliphatic heterocycles. The zero-order valence-corrected chi connectivity index (χ0v) is 18.3. The molecule has 2 aromatic rings. The van der Waals surface area contributed by atoms with Crippen molar-refractivity contribution in [2.24, 2.45) is 5.92 Å². The minimum absolute atomic E-state index is 0.0289. The molecule has 0 radical (unpaired) electrons. The normalized spacial score (nSPS) is 18.6. The molecule has 2 aliphatic rings. The minimum Gasteiger partial charge on any atom is -0.497 e. The van der Waals surface area contributed by atoms with E-state index in [4.69, 9.17) is 9.47 Å². The molecule has 8 heteroatoms. The largest absolute Gasteiger partial charge is 0.497 e. The lowest BCUT2D eigenvalue weighted by atomic mass is 10.1. The number of nitrogens with zero attached hydrogens (tertiary/aromatic N) is 3. The highest BCUT2D eigenvalue weighted by Crippen LogP contribution is 2.28. The fourth-order valence-corrected chi connectivity index (χ4v) is 4.26. The molecule has 0 bridgehead atoms. The Labute approximate surface area is 187 Å². The Morgan fingerprint density at radius 2 is 1.53 bits per heavy atom. The summed E-state index contributed by atoms with van der Waals surface area (Å²) in [6.45, 7) is 2.17. The molecule has 0 N–H and O–H groups in total. The van der Waals surface area contributed by atoms with E-state index in [1.165, 1.54) is 0 Å². The van der Waals surface area contributed by atoms with Gasteiger partial charge in [0, 0.05) is 44.8 Å². The summed E-state index contributed by atoms with van der Waals surface area (Å²) >= 11 is 0. The van der Waals surface area contributed by atoms with Gasteiger partial charge < -0.3 is 24.2 Å². The van der Waals surface area contributed by atoms with Crippen LogP contribution in [0.2, 0.25) is 0 Å². The van der Waals surface area contributed by atoms with Crippen molar-refractivity contribution >= 4 is 23.4 Å². The van der Waals surface area contributed by atoms with E-state index >= 15 is 0 Å². The van der Waals surface area contributed by atoms with Crippen LogP contribution in [0.1, 0.15) is 16.8 Å². The average molecular weight is 437 g/mol. The second kappa shape index (κ2) is 9.30. The number of carbonyl (C=O) groups is 3. The molecule has 2 aromatic carbocycles. The van der Waals surface area contributed by atoms with Crippen LogP contribution < -0.4 is 14.4 Å². The van der Waals surface area contributed by atoms with E-state index in [-0.39, 0.29) is 30.1 Å². The van der Waals surface area contributed by atoms with Crippen LogP contribution in [0.5, 0.6) is 11.5 Å². The van der Waals surface area contributed by atoms with E-state index in [0.29, 0.717) is 49.8 Å². The lowest BCUT2D eigenvalue weighted by Gasteiger charge is -2.36. The van der Waals surface area contributed by atoms with Crippen molar-refractivity contribution < 1.29 is 23.9 Å². The number of piperazine rings is 1. The van der Waals surface area contributed by atoms with Gasteiger partial charge in [-0.25, -0.2) is 0 Å². The van der Waals surface area contributed by atoms with Crippen molar-refractivity contribution in [1.29, 1.82) is 0 Å². The third-order valence-corrected chi connectivity index (χ3v) is 6.07. The summed E-state index contributed by atoms with van der Waals surface area (Å²) in [6, 6.07) is 14.4. The Kier molecular flexibility index (Phi) is 6.30. The highest BCUT2D eigenvalue weighted by molar-refractivity contribution is 6.00. The van der Waals surface area contributed by atoms with Gasteiger partial charge in [-0.1, -0.05) is 12.1 Å². The highest BCUT2D eigenvalue weighted by Gasteiger charge is 2.38. The molecule has 2 saturated heterocycles. The van der Waals surface area contributed by atoms with Gasteiger partial charge in [-0.2, -0.15) is 0 Å². The highest BCUT2D eigenvalue weighted by atomic mass is 16.5. The van der Waals surface area contributed by atoms with E-state index in [2.05, 4.69) is 0 Å². The van der Waals surface area contributed by atoms with E-state index in [1.807, 2.05) is 18.2 Å². The predicted octanol–water partition coefficient (Wildman–Crippen LogP) is 2.04.